The number of carbonyl (C=O) groups is 3. The second kappa shape index (κ2) is 5.34. The molecule has 3 amide bonds. The Morgan fingerprint density at radius 3 is 2.68 bits per heavy atom. The van der Waals surface area contributed by atoms with Crippen LogP contribution in [0.2, 0.25) is 0 Å². The van der Waals surface area contributed by atoms with Crippen molar-refractivity contribution in [3.05, 3.63) is 28.2 Å². The zero-order valence-electron chi connectivity index (χ0n) is 10.0. The molecule has 0 spiro atoms. The second-order valence-electron chi connectivity index (χ2n) is 4.18. The number of carbonyl (C=O) groups excluding carboxylic acids is 3. The van der Waals surface area contributed by atoms with Crippen molar-refractivity contribution in [1.29, 1.82) is 0 Å². The average molecular weight is 343 g/mol. The molecule has 1 aromatic carbocycles. The molecule has 2 rings (SSSR count). The van der Waals surface area contributed by atoms with E-state index in [1.165, 1.54) is 7.05 Å². The van der Waals surface area contributed by atoms with Gasteiger partial charge in [-0.25, -0.2) is 0 Å². The maximum absolute atomic E-state index is 12.0. The van der Waals surface area contributed by atoms with Gasteiger partial charge in [-0.3, -0.25) is 19.3 Å². The van der Waals surface area contributed by atoms with E-state index in [4.69, 9.17) is 0 Å². The first kappa shape index (κ1) is 14.1. The van der Waals surface area contributed by atoms with Crippen LogP contribution in [0.3, 0.4) is 0 Å². The zero-order chi connectivity index (χ0) is 14.2. The van der Waals surface area contributed by atoms with Gasteiger partial charge in [-0.15, -0.1) is 12.6 Å². The van der Waals surface area contributed by atoms with Crippen molar-refractivity contribution in [3.8, 4) is 0 Å². The fourth-order valence-corrected chi connectivity index (χ4v) is 2.65. The molecule has 19 heavy (non-hydrogen) atoms. The predicted octanol–water partition coefficient (Wildman–Crippen LogP) is 1.22. The van der Waals surface area contributed by atoms with Crippen LogP contribution < -0.4 is 5.32 Å². The van der Waals surface area contributed by atoms with Gasteiger partial charge in [-0.2, -0.15) is 0 Å². The van der Waals surface area contributed by atoms with Gasteiger partial charge in [0.05, 0.1) is 12.0 Å². The third-order valence-corrected chi connectivity index (χ3v) is 3.75. The van der Waals surface area contributed by atoms with E-state index in [-0.39, 0.29) is 12.3 Å². The second-order valence-corrected chi connectivity index (χ2v) is 5.58. The van der Waals surface area contributed by atoms with Crippen LogP contribution in [0.15, 0.2) is 27.6 Å². The fraction of sp³-hybridized carbons (Fsp3) is 0.250. The third-order valence-electron chi connectivity index (χ3n) is 2.89. The lowest BCUT2D eigenvalue weighted by Gasteiger charge is -2.12. The number of imide groups is 1. The van der Waals surface area contributed by atoms with Gasteiger partial charge in [0, 0.05) is 16.4 Å². The van der Waals surface area contributed by atoms with E-state index >= 15 is 0 Å². The molecule has 1 aromatic rings. The SMILES string of the molecule is CN1C(=O)CC(NC(=O)c2ccc(Br)cc2S)C1=O. The quantitative estimate of drug-likeness (QED) is 0.627. The van der Waals surface area contributed by atoms with Crippen LogP contribution in [-0.4, -0.2) is 35.7 Å². The van der Waals surface area contributed by atoms with E-state index in [9.17, 15) is 14.4 Å². The van der Waals surface area contributed by atoms with Crippen molar-refractivity contribution < 1.29 is 14.4 Å². The number of thiol groups is 1. The average Bonchev–Trinajstić information content (AvgIpc) is 2.57. The normalized spacial score (nSPS) is 18.9. The molecule has 0 aliphatic carbocycles. The van der Waals surface area contributed by atoms with Crippen LogP contribution in [0.1, 0.15) is 16.8 Å². The molecule has 0 saturated carbocycles. The first-order valence-electron chi connectivity index (χ1n) is 5.50. The maximum Gasteiger partial charge on any atom is 0.253 e. The van der Waals surface area contributed by atoms with Crippen molar-refractivity contribution in [1.82, 2.24) is 10.2 Å². The highest BCUT2D eigenvalue weighted by Crippen LogP contribution is 2.20. The van der Waals surface area contributed by atoms with Gasteiger partial charge >= 0.3 is 0 Å². The molecule has 1 unspecified atom stereocenters. The minimum atomic E-state index is -0.790. The summed E-state index contributed by atoms with van der Waals surface area (Å²) in [5, 5.41) is 2.55. The molecule has 1 atom stereocenters. The third kappa shape index (κ3) is 2.82. The highest BCUT2D eigenvalue weighted by Gasteiger charge is 2.37. The van der Waals surface area contributed by atoms with Gasteiger partial charge < -0.3 is 5.32 Å². The number of nitrogens with one attached hydrogen (secondary N) is 1. The molecule has 1 fully saturated rings. The standard InChI is InChI=1S/C12H11BrN2O3S/c1-15-10(16)5-8(12(15)18)14-11(17)7-3-2-6(13)4-9(7)19/h2-4,8,19H,5H2,1H3,(H,14,17). The smallest absolute Gasteiger partial charge is 0.253 e. The Labute approximate surface area is 123 Å². The summed E-state index contributed by atoms with van der Waals surface area (Å²) in [6.45, 7) is 0. The molecule has 1 aliphatic heterocycles. The molecule has 0 radical (unpaired) electrons. The maximum atomic E-state index is 12.0. The predicted molar refractivity (Wildman–Crippen MR) is 75.0 cm³/mol. The lowest BCUT2D eigenvalue weighted by molar-refractivity contribution is -0.137. The van der Waals surface area contributed by atoms with Gasteiger partial charge in [0.1, 0.15) is 6.04 Å². The molecule has 5 nitrogen and oxygen atoms in total. The first-order valence-corrected chi connectivity index (χ1v) is 6.74. The lowest BCUT2D eigenvalue weighted by Crippen LogP contribution is -2.40. The number of benzene rings is 1. The van der Waals surface area contributed by atoms with Crippen molar-refractivity contribution in [2.45, 2.75) is 17.4 Å². The van der Waals surface area contributed by atoms with Crippen LogP contribution >= 0.6 is 28.6 Å². The number of likely N-dealkylation sites (N-methyl/N-ethyl adjacent to an activating group) is 1. The van der Waals surface area contributed by atoms with Gasteiger partial charge in [0.2, 0.25) is 5.91 Å². The summed E-state index contributed by atoms with van der Waals surface area (Å²) in [7, 11) is 1.40. The number of likely N-dealkylation sites (tertiary alicyclic amines) is 1. The number of rotatable bonds is 2. The molecular formula is C12H11BrN2O3S. The Morgan fingerprint density at radius 1 is 1.47 bits per heavy atom. The lowest BCUT2D eigenvalue weighted by atomic mass is 10.2. The summed E-state index contributed by atoms with van der Waals surface area (Å²) >= 11 is 7.48. The number of amides is 3. The van der Waals surface area contributed by atoms with E-state index in [1.54, 1.807) is 18.2 Å². The van der Waals surface area contributed by atoms with Crippen LogP contribution in [0.4, 0.5) is 0 Å². The summed E-state index contributed by atoms with van der Waals surface area (Å²) in [4.78, 5) is 36.6. The molecule has 1 aliphatic rings. The molecule has 1 N–H and O–H groups in total. The van der Waals surface area contributed by atoms with Gasteiger partial charge in [-0.05, 0) is 18.2 Å². The van der Waals surface area contributed by atoms with Crippen LogP contribution in [0.5, 0.6) is 0 Å². The first-order chi connectivity index (χ1) is 8.90. The van der Waals surface area contributed by atoms with E-state index in [2.05, 4.69) is 33.9 Å². The molecule has 7 heteroatoms. The fourth-order valence-electron chi connectivity index (χ4n) is 1.80. The summed E-state index contributed by atoms with van der Waals surface area (Å²) in [6.07, 6.45) is -0.000490. The summed E-state index contributed by atoms with van der Waals surface area (Å²) in [6, 6.07) is 4.21. The minimum Gasteiger partial charge on any atom is -0.340 e. The van der Waals surface area contributed by atoms with Crippen molar-refractivity contribution in [2.24, 2.45) is 0 Å². The number of nitrogens with zero attached hydrogens (tertiary/aromatic N) is 1. The van der Waals surface area contributed by atoms with E-state index in [0.29, 0.717) is 10.5 Å². The zero-order valence-corrected chi connectivity index (χ0v) is 12.5. The summed E-state index contributed by atoms with van der Waals surface area (Å²) in [5.41, 5.74) is 0.362. The summed E-state index contributed by atoms with van der Waals surface area (Å²) in [5.74, 6) is -1.10. The molecule has 1 heterocycles. The van der Waals surface area contributed by atoms with Crippen LogP contribution in [0, 0.1) is 0 Å². The topological polar surface area (TPSA) is 66.5 Å². The largest absolute Gasteiger partial charge is 0.340 e. The Hall–Kier alpha value is -1.34. The summed E-state index contributed by atoms with van der Waals surface area (Å²) < 4.78 is 0.806. The molecule has 100 valence electrons. The van der Waals surface area contributed by atoms with Crippen LogP contribution in [0.25, 0.3) is 0 Å². The van der Waals surface area contributed by atoms with Gasteiger partial charge in [-0.1, -0.05) is 15.9 Å². The Balaban J connectivity index is 2.14. The Morgan fingerprint density at radius 2 is 2.16 bits per heavy atom. The Kier molecular flexibility index (Phi) is 3.96. The van der Waals surface area contributed by atoms with Gasteiger partial charge in [0.15, 0.2) is 0 Å². The van der Waals surface area contributed by atoms with Gasteiger partial charge in [0.25, 0.3) is 11.8 Å². The number of hydrogen-bond acceptors (Lipinski definition) is 4. The monoisotopic (exact) mass is 342 g/mol. The van der Waals surface area contributed by atoms with E-state index < -0.39 is 17.9 Å². The molecule has 0 bridgehead atoms. The van der Waals surface area contributed by atoms with Crippen molar-refractivity contribution >= 4 is 46.3 Å². The van der Waals surface area contributed by atoms with Crippen LogP contribution in [-0.2, 0) is 9.59 Å². The van der Waals surface area contributed by atoms with E-state index in [0.717, 1.165) is 9.37 Å². The van der Waals surface area contributed by atoms with Crippen molar-refractivity contribution in [2.75, 3.05) is 7.05 Å². The van der Waals surface area contributed by atoms with Crippen molar-refractivity contribution in [3.63, 3.8) is 0 Å². The molecule has 1 saturated heterocycles. The number of hydrogen-bond donors (Lipinski definition) is 2. The molecule has 0 aromatic heterocycles. The minimum absolute atomic E-state index is 0.000490. The highest BCUT2D eigenvalue weighted by molar-refractivity contribution is 9.10. The highest BCUT2D eigenvalue weighted by atomic mass is 79.9. The number of halogens is 1. The molecular weight excluding hydrogens is 332 g/mol. The Bertz CT molecular complexity index is 576. The van der Waals surface area contributed by atoms with E-state index in [1.807, 2.05) is 0 Å².